The van der Waals surface area contributed by atoms with Gasteiger partial charge in [-0.2, -0.15) is 0 Å². The van der Waals surface area contributed by atoms with Crippen molar-refractivity contribution in [2.45, 2.75) is 6.10 Å². The Labute approximate surface area is 101 Å². The van der Waals surface area contributed by atoms with Gasteiger partial charge in [-0.25, -0.2) is 0 Å². The maximum absolute atomic E-state index is 9.41. The highest BCUT2D eigenvalue weighted by Gasteiger charge is 2.13. The lowest BCUT2D eigenvalue weighted by Crippen LogP contribution is -2.03. The second kappa shape index (κ2) is 4.89. The van der Waals surface area contributed by atoms with E-state index in [1.165, 1.54) is 0 Å². The molecular formula is C8H7Br3O2. The van der Waals surface area contributed by atoms with Gasteiger partial charge in [0.05, 0.1) is 6.61 Å². The minimum atomic E-state index is -0.848. The fraction of sp³-hybridized carbons (Fsp3) is 0.250. The summed E-state index contributed by atoms with van der Waals surface area (Å²) in [5.74, 6) is 0. The molecule has 1 aromatic carbocycles. The quantitative estimate of drug-likeness (QED) is 0.781. The Kier molecular flexibility index (Phi) is 4.38. The summed E-state index contributed by atoms with van der Waals surface area (Å²) in [6, 6.07) is 3.56. The van der Waals surface area contributed by atoms with Crippen LogP contribution in [0.1, 0.15) is 11.7 Å². The molecule has 0 heterocycles. The van der Waals surface area contributed by atoms with Crippen LogP contribution in [0.15, 0.2) is 25.6 Å². The maximum Gasteiger partial charge on any atom is 0.103 e. The van der Waals surface area contributed by atoms with Crippen molar-refractivity contribution in [3.8, 4) is 0 Å². The largest absolute Gasteiger partial charge is 0.393 e. The number of rotatable bonds is 2. The molecule has 0 aliphatic rings. The minimum Gasteiger partial charge on any atom is -0.393 e. The lowest BCUT2D eigenvalue weighted by molar-refractivity contribution is 0.0950. The van der Waals surface area contributed by atoms with Crippen molar-refractivity contribution >= 4 is 47.8 Å². The molecule has 0 bridgehead atoms. The molecule has 1 aromatic rings. The topological polar surface area (TPSA) is 40.5 Å². The zero-order chi connectivity index (χ0) is 10.0. The van der Waals surface area contributed by atoms with E-state index in [-0.39, 0.29) is 6.61 Å². The number of hydrogen-bond donors (Lipinski definition) is 2. The molecule has 0 radical (unpaired) electrons. The molecule has 13 heavy (non-hydrogen) atoms. The molecule has 1 unspecified atom stereocenters. The standard InChI is InChI=1S/C8H7Br3O2/c9-5-2-1-4(6(13)3-12)7(10)8(5)11/h1-2,6,12-13H,3H2. The van der Waals surface area contributed by atoms with Gasteiger partial charge in [0.1, 0.15) is 6.10 Å². The summed E-state index contributed by atoms with van der Waals surface area (Å²) in [5, 5.41) is 18.2. The fourth-order valence-electron chi connectivity index (χ4n) is 0.897. The van der Waals surface area contributed by atoms with Crippen molar-refractivity contribution in [1.29, 1.82) is 0 Å². The van der Waals surface area contributed by atoms with E-state index in [1.54, 1.807) is 6.07 Å². The fourth-order valence-corrected chi connectivity index (χ4v) is 2.46. The Balaban J connectivity index is 3.18. The average Bonchev–Trinajstić information content (AvgIpc) is 2.13. The maximum atomic E-state index is 9.41. The molecule has 2 N–H and O–H groups in total. The number of hydrogen-bond acceptors (Lipinski definition) is 2. The molecule has 72 valence electrons. The Hall–Kier alpha value is 0.580. The predicted octanol–water partition coefficient (Wildman–Crippen LogP) is 3.00. The van der Waals surface area contributed by atoms with Crippen molar-refractivity contribution in [2.75, 3.05) is 6.61 Å². The second-order valence-electron chi connectivity index (χ2n) is 2.46. The SMILES string of the molecule is OCC(O)c1ccc(Br)c(Br)c1Br. The normalized spacial score (nSPS) is 13.0. The molecule has 0 aliphatic heterocycles. The number of aliphatic hydroxyl groups excluding tert-OH is 2. The van der Waals surface area contributed by atoms with E-state index in [2.05, 4.69) is 47.8 Å². The zero-order valence-electron chi connectivity index (χ0n) is 6.47. The van der Waals surface area contributed by atoms with Crippen LogP contribution in [0.3, 0.4) is 0 Å². The Morgan fingerprint density at radius 1 is 1.15 bits per heavy atom. The van der Waals surface area contributed by atoms with E-state index in [0.717, 1.165) is 13.4 Å². The predicted molar refractivity (Wildman–Crippen MR) is 61.6 cm³/mol. The van der Waals surface area contributed by atoms with Crippen LogP contribution in [0.5, 0.6) is 0 Å². The van der Waals surface area contributed by atoms with Gasteiger partial charge in [0.15, 0.2) is 0 Å². The summed E-state index contributed by atoms with van der Waals surface area (Å²) < 4.78 is 2.48. The Bertz CT molecular complexity index is 315. The van der Waals surface area contributed by atoms with Crippen LogP contribution in [0.25, 0.3) is 0 Å². The third kappa shape index (κ3) is 2.53. The van der Waals surface area contributed by atoms with Gasteiger partial charge in [-0.05, 0) is 59.4 Å². The molecule has 0 amide bonds. The summed E-state index contributed by atoms with van der Waals surface area (Å²) in [5.41, 5.74) is 0.664. The van der Waals surface area contributed by atoms with Gasteiger partial charge in [-0.3, -0.25) is 0 Å². The third-order valence-electron chi connectivity index (χ3n) is 1.60. The zero-order valence-corrected chi connectivity index (χ0v) is 11.2. The molecule has 0 saturated carbocycles. The molecule has 1 rings (SSSR count). The molecule has 0 aromatic heterocycles. The smallest absolute Gasteiger partial charge is 0.103 e. The van der Waals surface area contributed by atoms with Crippen molar-refractivity contribution in [1.82, 2.24) is 0 Å². The second-order valence-corrected chi connectivity index (χ2v) is 4.90. The van der Waals surface area contributed by atoms with Gasteiger partial charge < -0.3 is 10.2 Å². The average molecular weight is 375 g/mol. The monoisotopic (exact) mass is 372 g/mol. The van der Waals surface area contributed by atoms with Crippen LogP contribution in [-0.4, -0.2) is 16.8 Å². The number of halogens is 3. The van der Waals surface area contributed by atoms with Crippen LogP contribution in [0.2, 0.25) is 0 Å². The lowest BCUT2D eigenvalue weighted by atomic mass is 10.1. The molecule has 0 aliphatic carbocycles. The first-order valence-corrected chi connectivity index (χ1v) is 5.88. The van der Waals surface area contributed by atoms with Crippen LogP contribution < -0.4 is 0 Å². The van der Waals surface area contributed by atoms with Crippen molar-refractivity contribution < 1.29 is 10.2 Å². The first-order valence-electron chi connectivity index (χ1n) is 3.50. The van der Waals surface area contributed by atoms with E-state index in [1.807, 2.05) is 6.07 Å². The minimum absolute atomic E-state index is 0.285. The van der Waals surface area contributed by atoms with Gasteiger partial charge in [0.2, 0.25) is 0 Å². The first-order chi connectivity index (χ1) is 6.07. The van der Waals surface area contributed by atoms with E-state index in [9.17, 15) is 5.11 Å². The highest BCUT2D eigenvalue weighted by Crippen LogP contribution is 2.35. The first kappa shape index (κ1) is 11.7. The van der Waals surface area contributed by atoms with Crippen molar-refractivity contribution in [3.63, 3.8) is 0 Å². The highest BCUT2D eigenvalue weighted by molar-refractivity contribution is 9.14. The van der Waals surface area contributed by atoms with Gasteiger partial charge in [-0.1, -0.05) is 6.07 Å². The highest BCUT2D eigenvalue weighted by atomic mass is 79.9. The van der Waals surface area contributed by atoms with Crippen LogP contribution in [0.4, 0.5) is 0 Å². The summed E-state index contributed by atoms with van der Waals surface area (Å²) in [6.45, 7) is -0.285. The van der Waals surface area contributed by atoms with Crippen LogP contribution in [0, 0.1) is 0 Å². The van der Waals surface area contributed by atoms with E-state index in [0.29, 0.717) is 5.56 Å². The van der Waals surface area contributed by atoms with Gasteiger partial charge in [-0.15, -0.1) is 0 Å². The molecule has 1 atom stereocenters. The third-order valence-corrected chi connectivity index (χ3v) is 5.00. The summed E-state index contributed by atoms with van der Waals surface area (Å²) >= 11 is 10.00. The molecule has 0 saturated heterocycles. The lowest BCUT2D eigenvalue weighted by Gasteiger charge is -2.11. The summed E-state index contributed by atoms with van der Waals surface area (Å²) in [6.07, 6.45) is -0.848. The van der Waals surface area contributed by atoms with Crippen molar-refractivity contribution in [2.24, 2.45) is 0 Å². The van der Waals surface area contributed by atoms with E-state index >= 15 is 0 Å². The summed E-state index contributed by atoms with van der Waals surface area (Å²) in [4.78, 5) is 0. The molecular weight excluding hydrogens is 368 g/mol. The Morgan fingerprint density at radius 2 is 1.77 bits per heavy atom. The van der Waals surface area contributed by atoms with Gasteiger partial charge >= 0.3 is 0 Å². The number of benzene rings is 1. The van der Waals surface area contributed by atoms with E-state index in [4.69, 9.17) is 5.11 Å². The summed E-state index contributed by atoms with van der Waals surface area (Å²) in [7, 11) is 0. The van der Waals surface area contributed by atoms with Crippen molar-refractivity contribution in [3.05, 3.63) is 31.1 Å². The molecule has 0 spiro atoms. The van der Waals surface area contributed by atoms with Gasteiger partial charge in [0.25, 0.3) is 0 Å². The van der Waals surface area contributed by atoms with Crippen LogP contribution in [-0.2, 0) is 0 Å². The molecule has 5 heteroatoms. The Morgan fingerprint density at radius 3 is 2.31 bits per heavy atom. The van der Waals surface area contributed by atoms with Crippen LogP contribution >= 0.6 is 47.8 Å². The molecule has 0 fully saturated rings. The molecule has 2 nitrogen and oxygen atoms in total. The van der Waals surface area contributed by atoms with Gasteiger partial charge in [0, 0.05) is 13.4 Å². The van der Waals surface area contributed by atoms with E-state index < -0.39 is 6.10 Å². The number of aliphatic hydroxyl groups is 2.